The molecular formula is C15H13N3O. The number of nitrogens with zero attached hydrogens (tertiary/aromatic N) is 2. The number of fused-ring (bicyclic) bond motifs is 3. The molecule has 0 unspecified atom stereocenters. The molecule has 0 fully saturated rings. The first-order chi connectivity index (χ1) is 9.26. The van der Waals surface area contributed by atoms with E-state index in [4.69, 9.17) is 0 Å². The van der Waals surface area contributed by atoms with E-state index in [1.54, 1.807) is 10.5 Å². The normalized spacial score (nSPS) is 11.6. The van der Waals surface area contributed by atoms with E-state index in [0.29, 0.717) is 11.3 Å². The Kier molecular flexibility index (Phi) is 2.56. The second kappa shape index (κ2) is 4.24. The molecule has 0 radical (unpaired) electrons. The van der Waals surface area contributed by atoms with Crippen LogP contribution in [0.5, 0.6) is 0 Å². The number of para-hydroxylation sites is 1. The average Bonchev–Trinajstić information content (AvgIpc) is 2.79. The topological polar surface area (TPSA) is 50.2 Å². The highest BCUT2D eigenvalue weighted by Gasteiger charge is 2.12. The van der Waals surface area contributed by atoms with Gasteiger partial charge in [0.1, 0.15) is 0 Å². The minimum Gasteiger partial charge on any atom is -0.306 e. The Bertz CT molecular complexity index is 868. The number of benzene rings is 1. The summed E-state index contributed by atoms with van der Waals surface area (Å²) in [4.78, 5) is 19.6. The minimum atomic E-state index is -0.192. The number of aromatic nitrogens is 3. The molecule has 3 rings (SSSR count). The number of hydrogen-bond donors (Lipinski definition) is 1. The minimum absolute atomic E-state index is 0.192. The van der Waals surface area contributed by atoms with Crippen LogP contribution in [0.15, 0.2) is 41.7 Å². The predicted molar refractivity (Wildman–Crippen MR) is 78.1 cm³/mol. The van der Waals surface area contributed by atoms with Crippen LogP contribution in [0.25, 0.3) is 28.7 Å². The van der Waals surface area contributed by atoms with E-state index in [1.807, 2.05) is 43.3 Å². The highest BCUT2D eigenvalue weighted by Crippen LogP contribution is 2.20. The number of aromatic amines is 1. The maximum Gasteiger partial charge on any atom is 0.332 e. The third-order valence-corrected chi connectivity index (χ3v) is 3.07. The summed E-state index contributed by atoms with van der Waals surface area (Å²) in [7, 11) is 0. The fourth-order valence-electron chi connectivity index (χ4n) is 2.26. The van der Waals surface area contributed by atoms with Crippen LogP contribution >= 0.6 is 0 Å². The summed E-state index contributed by atoms with van der Waals surface area (Å²) in [6.45, 7) is 5.66. The van der Waals surface area contributed by atoms with Crippen LogP contribution in [0, 0.1) is 0 Å². The van der Waals surface area contributed by atoms with Gasteiger partial charge in [-0.25, -0.2) is 14.2 Å². The summed E-state index contributed by atoms with van der Waals surface area (Å²) >= 11 is 0. The van der Waals surface area contributed by atoms with Gasteiger partial charge < -0.3 is 4.98 Å². The van der Waals surface area contributed by atoms with Crippen molar-refractivity contribution >= 4 is 28.7 Å². The highest BCUT2D eigenvalue weighted by molar-refractivity contribution is 5.92. The zero-order valence-electron chi connectivity index (χ0n) is 10.6. The van der Waals surface area contributed by atoms with Gasteiger partial charge in [-0.2, -0.15) is 0 Å². The molecule has 4 heteroatoms. The average molecular weight is 251 g/mol. The lowest BCUT2D eigenvalue weighted by Gasteiger charge is -2.00. The second-order valence-electron chi connectivity index (χ2n) is 4.22. The zero-order valence-corrected chi connectivity index (χ0v) is 10.6. The quantitative estimate of drug-likeness (QED) is 0.761. The molecule has 0 saturated carbocycles. The molecule has 3 aromatic rings. The van der Waals surface area contributed by atoms with E-state index < -0.39 is 0 Å². The zero-order chi connectivity index (χ0) is 13.4. The number of rotatable bonds is 2. The molecule has 0 saturated heterocycles. The first-order valence-corrected chi connectivity index (χ1v) is 6.05. The van der Waals surface area contributed by atoms with Gasteiger partial charge in [0.2, 0.25) is 0 Å². The van der Waals surface area contributed by atoms with E-state index in [1.165, 1.54) is 0 Å². The Morgan fingerprint density at radius 1 is 1.37 bits per heavy atom. The molecule has 1 N–H and O–H groups in total. The van der Waals surface area contributed by atoms with Gasteiger partial charge >= 0.3 is 5.69 Å². The molecule has 2 heterocycles. The molecule has 19 heavy (non-hydrogen) atoms. The number of nitrogens with one attached hydrogen (secondary N) is 1. The molecule has 2 aromatic heterocycles. The molecule has 0 aliphatic carbocycles. The van der Waals surface area contributed by atoms with E-state index in [9.17, 15) is 4.79 Å². The summed E-state index contributed by atoms with van der Waals surface area (Å²) in [5.74, 6) is 0. The van der Waals surface area contributed by atoms with E-state index in [-0.39, 0.29) is 5.69 Å². The molecule has 0 aliphatic rings. The van der Waals surface area contributed by atoms with Crippen LogP contribution in [0.4, 0.5) is 0 Å². The molecule has 0 atom stereocenters. The molecule has 4 nitrogen and oxygen atoms in total. The Hall–Kier alpha value is -2.62. The fraction of sp³-hybridized carbons (Fsp3) is 0.0667. The first-order valence-electron chi connectivity index (χ1n) is 6.05. The van der Waals surface area contributed by atoms with Crippen molar-refractivity contribution in [3.05, 3.63) is 58.8 Å². The van der Waals surface area contributed by atoms with Gasteiger partial charge in [-0.15, -0.1) is 0 Å². The lowest BCUT2D eigenvalue weighted by molar-refractivity contribution is 1.02. The molecule has 0 amide bonds. The van der Waals surface area contributed by atoms with Crippen molar-refractivity contribution in [2.24, 2.45) is 0 Å². The number of allylic oxidation sites excluding steroid dienone is 1. The van der Waals surface area contributed by atoms with Crippen LogP contribution in [0.2, 0.25) is 0 Å². The molecule has 0 spiro atoms. The predicted octanol–water partition coefficient (Wildman–Crippen LogP) is 2.85. The molecule has 0 bridgehead atoms. The van der Waals surface area contributed by atoms with Crippen molar-refractivity contribution in [3.63, 3.8) is 0 Å². The van der Waals surface area contributed by atoms with Crippen molar-refractivity contribution < 1.29 is 0 Å². The Morgan fingerprint density at radius 3 is 2.89 bits per heavy atom. The Labute approximate surface area is 109 Å². The van der Waals surface area contributed by atoms with Crippen molar-refractivity contribution in [2.45, 2.75) is 6.92 Å². The number of H-pyrrole nitrogens is 1. The van der Waals surface area contributed by atoms with Crippen LogP contribution in [0.3, 0.4) is 0 Å². The fourth-order valence-corrected chi connectivity index (χ4v) is 2.26. The van der Waals surface area contributed by atoms with Crippen molar-refractivity contribution in [1.82, 2.24) is 14.4 Å². The summed E-state index contributed by atoms with van der Waals surface area (Å²) < 4.78 is 1.58. The SMILES string of the molecule is C=Cc1nc2c3ccccc3[nH]c(=O)n2c1/C=C\C. The molecular weight excluding hydrogens is 238 g/mol. The summed E-state index contributed by atoms with van der Waals surface area (Å²) in [5, 5.41) is 0.918. The first kappa shape index (κ1) is 11.5. The lowest BCUT2D eigenvalue weighted by atomic mass is 10.2. The van der Waals surface area contributed by atoms with Gasteiger partial charge in [-0.3, -0.25) is 0 Å². The van der Waals surface area contributed by atoms with Gasteiger partial charge in [0.15, 0.2) is 5.65 Å². The van der Waals surface area contributed by atoms with E-state index in [0.717, 1.165) is 16.6 Å². The van der Waals surface area contributed by atoms with Crippen molar-refractivity contribution in [2.75, 3.05) is 0 Å². The summed E-state index contributed by atoms with van der Waals surface area (Å²) in [6.07, 6.45) is 5.41. The van der Waals surface area contributed by atoms with Crippen LogP contribution in [-0.2, 0) is 0 Å². The highest BCUT2D eigenvalue weighted by atomic mass is 16.1. The second-order valence-corrected chi connectivity index (χ2v) is 4.22. The van der Waals surface area contributed by atoms with Gasteiger partial charge in [0.05, 0.1) is 16.9 Å². The van der Waals surface area contributed by atoms with Crippen molar-refractivity contribution in [1.29, 1.82) is 0 Å². The summed E-state index contributed by atoms with van der Waals surface area (Å²) in [6, 6.07) is 7.63. The molecule has 1 aromatic carbocycles. The molecule has 0 aliphatic heterocycles. The Balaban J connectivity index is 2.60. The third-order valence-electron chi connectivity index (χ3n) is 3.07. The van der Waals surface area contributed by atoms with Gasteiger partial charge in [0, 0.05) is 5.39 Å². The standard InChI is InChI=1S/C15H13N3O/c1-3-7-13-11(4-2)16-14-10-8-5-6-9-12(10)17-15(19)18(13)14/h3-9H,2H2,1H3,(H,17,19)/b7-3-. The van der Waals surface area contributed by atoms with Crippen LogP contribution in [0.1, 0.15) is 18.3 Å². The van der Waals surface area contributed by atoms with E-state index >= 15 is 0 Å². The molecule has 94 valence electrons. The lowest BCUT2D eigenvalue weighted by Crippen LogP contribution is -2.17. The van der Waals surface area contributed by atoms with Gasteiger partial charge in [-0.1, -0.05) is 24.8 Å². The van der Waals surface area contributed by atoms with Gasteiger partial charge in [-0.05, 0) is 31.2 Å². The monoisotopic (exact) mass is 251 g/mol. The van der Waals surface area contributed by atoms with Crippen molar-refractivity contribution in [3.8, 4) is 0 Å². The van der Waals surface area contributed by atoms with Gasteiger partial charge in [0.25, 0.3) is 0 Å². The van der Waals surface area contributed by atoms with E-state index in [2.05, 4.69) is 16.5 Å². The third kappa shape index (κ3) is 1.61. The largest absolute Gasteiger partial charge is 0.332 e. The van der Waals surface area contributed by atoms with Crippen LogP contribution in [-0.4, -0.2) is 14.4 Å². The maximum absolute atomic E-state index is 12.2. The number of hydrogen-bond acceptors (Lipinski definition) is 2. The summed E-state index contributed by atoms with van der Waals surface area (Å²) in [5.41, 5.74) is 2.71. The van der Waals surface area contributed by atoms with Crippen LogP contribution < -0.4 is 5.69 Å². The maximum atomic E-state index is 12.2. The smallest absolute Gasteiger partial charge is 0.306 e. The Morgan fingerprint density at radius 2 is 2.16 bits per heavy atom. The number of imidazole rings is 1.